The Kier molecular flexibility index (Phi) is 3.63. The normalized spacial score (nSPS) is 10.2. The molecule has 1 heterocycles. The van der Waals surface area contributed by atoms with Crippen LogP contribution in [0.2, 0.25) is 10.0 Å². The molecule has 0 bridgehead atoms. The zero-order chi connectivity index (χ0) is 11.5. The first-order chi connectivity index (χ1) is 7.66. The summed E-state index contributed by atoms with van der Waals surface area (Å²) >= 11 is 15.2. The van der Waals surface area contributed by atoms with Gasteiger partial charge in [0.15, 0.2) is 0 Å². The Hall–Kier alpha value is -0.840. The van der Waals surface area contributed by atoms with Gasteiger partial charge < -0.3 is 5.32 Å². The van der Waals surface area contributed by atoms with E-state index in [1.807, 2.05) is 0 Å². The standard InChI is InChI=1S/C10H6BrCl2N3/c11-6-4-14-10(15-5-6)16-8-3-1-2-7(12)9(8)13/h1-5H,(H,14,15,16). The molecule has 2 rings (SSSR count). The molecule has 0 aliphatic rings. The Labute approximate surface area is 111 Å². The molecule has 3 nitrogen and oxygen atoms in total. The van der Waals surface area contributed by atoms with E-state index in [0.29, 0.717) is 21.7 Å². The third-order valence-electron chi connectivity index (χ3n) is 1.82. The number of halogens is 3. The molecule has 1 aromatic carbocycles. The van der Waals surface area contributed by atoms with Crippen LogP contribution in [-0.4, -0.2) is 9.97 Å². The highest BCUT2D eigenvalue weighted by Gasteiger charge is 2.05. The largest absolute Gasteiger partial charge is 0.323 e. The Morgan fingerprint density at radius 3 is 2.50 bits per heavy atom. The first-order valence-corrected chi connectivity index (χ1v) is 5.90. The molecule has 0 unspecified atom stereocenters. The van der Waals surface area contributed by atoms with Crippen molar-refractivity contribution in [2.75, 3.05) is 5.32 Å². The van der Waals surface area contributed by atoms with E-state index in [9.17, 15) is 0 Å². The van der Waals surface area contributed by atoms with Gasteiger partial charge in [0.05, 0.1) is 20.2 Å². The molecule has 6 heteroatoms. The number of anilines is 2. The first-order valence-electron chi connectivity index (χ1n) is 4.35. The molecule has 0 saturated heterocycles. The maximum atomic E-state index is 6.02. The van der Waals surface area contributed by atoms with E-state index in [4.69, 9.17) is 23.2 Å². The zero-order valence-electron chi connectivity index (χ0n) is 7.92. The van der Waals surface area contributed by atoms with E-state index in [1.54, 1.807) is 30.6 Å². The predicted molar refractivity (Wildman–Crippen MR) is 69.5 cm³/mol. The van der Waals surface area contributed by atoms with Crippen LogP contribution in [0, 0.1) is 0 Å². The van der Waals surface area contributed by atoms with Gasteiger partial charge in [-0.2, -0.15) is 0 Å². The zero-order valence-corrected chi connectivity index (χ0v) is 11.0. The van der Waals surface area contributed by atoms with Gasteiger partial charge in [-0.15, -0.1) is 0 Å². The highest BCUT2D eigenvalue weighted by Crippen LogP contribution is 2.30. The topological polar surface area (TPSA) is 37.8 Å². The molecule has 0 aliphatic heterocycles. The lowest BCUT2D eigenvalue weighted by Crippen LogP contribution is -1.96. The molecule has 1 aromatic heterocycles. The Morgan fingerprint density at radius 2 is 1.81 bits per heavy atom. The van der Waals surface area contributed by atoms with Crippen LogP contribution in [0.4, 0.5) is 11.6 Å². The van der Waals surface area contributed by atoms with Crippen LogP contribution in [0.5, 0.6) is 0 Å². The number of hydrogen-bond acceptors (Lipinski definition) is 3. The summed E-state index contributed by atoms with van der Waals surface area (Å²) in [6, 6.07) is 5.33. The third-order valence-corrected chi connectivity index (χ3v) is 3.05. The van der Waals surface area contributed by atoms with Crippen molar-refractivity contribution >= 4 is 50.8 Å². The summed E-state index contributed by atoms with van der Waals surface area (Å²) in [5.74, 6) is 0.465. The summed E-state index contributed by atoms with van der Waals surface area (Å²) in [5.41, 5.74) is 0.677. The molecule has 0 saturated carbocycles. The maximum Gasteiger partial charge on any atom is 0.227 e. The van der Waals surface area contributed by atoms with Gasteiger partial charge in [0, 0.05) is 12.4 Å². The quantitative estimate of drug-likeness (QED) is 0.897. The van der Waals surface area contributed by atoms with Crippen molar-refractivity contribution < 1.29 is 0 Å². The second-order valence-corrected chi connectivity index (χ2v) is 4.65. The van der Waals surface area contributed by atoms with E-state index in [1.165, 1.54) is 0 Å². The van der Waals surface area contributed by atoms with E-state index in [2.05, 4.69) is 31.2 Å². The van der Waals surface area contributed by atoms with Gasteiger partial charge in [0.25, 0.3) is 0 Å². The van der Waals surface area contributed by atoms with Crippen LogP contribution in [0.25, 0.3) is 0 Å². The minimum absolute atomic E-state index is 0.454. The number of nitrogens with zero attached hydrogens (tertiary/aromatic N) is 2. The lowest BCUT2D eigenvalue weighted by Gasteiger charge is -2.07. The molecular weight excluding hydrogens is 313 g/mol. The minimum Gasteiger partial charge on any atom is -0.323 e. The van der Waals surface area contributed by atoms with Crippen molar-refractivity contribution in [1.29, 1.82) is 0 Å². The van der Waals surface area contributed by atoms with Gasteiger partial charge in [0.2, 0.25) is 5.95 Å². The van der Waals surface area contributed by atoms with Crippen molar-refractivity contribution in [3.63, 3.8) is 0 Å². The maximum absolute atomic E-state index is 6.02. The van der Waals surface area contributed by atoms with Gasteiger partial charge in [-0.3, -0.25) is 0 Å². The fourth-order valence-electron chi connectivity index (χ4n) is 1.10. The van der Waals surface area contributed by atoms with Crippen LogP contribution >= 0.6 is 39.1 Å². The van der Waals surface area contributed by atoms with Gasteiger partial charge in [-0.1, -0.05) is 29.3 Å². The van der Waals surface area contributed by atoms with Crippen molar-refractivity contribution in [1.82, 2.24) is 9.97 Å². The molecule has 16 heavy (non-hydrogen) atoms. The summed E-state index contributed by atoms with van der Waals surface area (Å²) in [4.78, 5) is 8.15. The Balaban J connectivity index is 2.27. The van der Waals surface area contributed by atoms with Crippen molar-refractivity contribution in [3.05, 3.63) is 45.1 Å². The molecule has 0 fully saturated rings. The highest BCUT2D eigenvalue weighted by atomic mass is 79.9. The van der Waals surface area contributed by atoms with E-state index < -0.39 is 0 Å². The summed E-state index contributed by atoms with van der Waals surface area (Å²) < 4.78 is 0.815. The SMILES string of the molecule is Clc1cccc(Nc2ncc(Br)cn2)c1Cl. The molecule has 82 valence electrons. The van der Waals surface area contributed by atoms with Gasteiger partial charge in [-0.25, -0.2) is 9.97 Å². The van der Waals surface area contributed by atoms with Gasteiger partial charge in [0.1, 0.15) is 0 Å². The molecule has 0 amide bonds. The van der Waals surface area contributed by atoms with Crippen LogP contribution in [-0.2, 0) is 0 Å². The van der Waals surface area contributed by atoms with E-state index >= 15 is 0 Å². The van der Waals surface area contributed by atoms with E-state index in [0.717, 1.165) is 4.47 Å². The third kappa shape index (κ3) is 2.64. The summed E-state index contributed by atoms with van der Waals surface area (Å²) in [5, 5.41) is 3.92. The first kappa shape index (κ1) is 11.6. The summed E-state index contributed by atoms with van der Waals surface area (Å²) in [6.07, 6.45) is 3.29. The second kappa shape index (κ2) is 4.99. The van der Waals surface area contributed by atoms with Crippen LogP contribution in [0.1, 0.15) is 0 Å². The highest BCUT2D eigenvalue weighted by molar-refractivity contribution is 9.10. The Bertz CT molecular complexity index is 502. The van der Waals surface area contributed by atoms with Crippen molar-refractivity contribution in [2.24, 2.45) is 0 Å². The summed E-state index contributed by atoms with van der Waals surface area (Å²) in [7, 11) is 0. The molecule has 0 aliphatic carbocycles. The number of nitrogens with one attached hydrogen (secondary N) is 1. The van der Waals surface area contributed by atoms with Gasteiger partial charge in [-0.05, 0) is 28.1 Å². The Morgan fingerprint density at radius 1 is 1.12 bits per heavy atom. The smallest absolute Gasteiger partial charge is 0.227 e. The molecule has 0 spiro atoms. The lowest BCUT2D eigenvalue weighted by molar-refractivity contribution is 1.15. The second-order valence-electron chi connectivity index (χ2n) is 2.95. The number of rotatable bonds is 2. The fraction of sp³-hybridized carbons (Fsp3) is 0. The fourth-order valence-corrected chi connectivity index (χ4v) is 1.65. The monoisotopic (exact) mass is 317 g/mol. The molecule has 1 N–H and O–H groups in total. The minimum atomic E-state index is 0.454. The average molecular weight is 319 g/mol. The number of hydrogen-bond donors (Lipinski definition) is 1. The average Bonchev–Trinajstić information content (AvgIpc) is 2.28. The molecule has 2 aromatic rings. The van der Waals surface area contributed by atoms with Crippen molar-refractivity contribution in [3.8, 4) is 0 Å². The number of benzene rings is 1. The molecular formula is C10H6BrCl2N3. The van der Waals surface area contributed by atoms with Crippen LogP contribution < -0.4 is 5.32 Å². The predicted octanol–water partition coefficient (Wildman–Crippen LogP) is 4.29. The van der Waals surface area contributed by atoms with Crippen LogP contribution in [0.15, 0.2) is 35.1 Å². The van der Waals surface area contributed by atoms with Crippen molar-refractivity contribution in [2.45, 2.75) is 0 Å². The number of aromatic nitrogens is 2. The van der Waals surface area contributed by atoms with Gasteiger partial charge >= 0.3 is 0 Å². The molecule has 0 radical (unpaired) electrons. The van der Waals surface area contributed by atoms with Crippen LogP contribution in [0.3, 0.4) is 0 Å². The van der Waals surface area contributed by atoms with E-state index in [-0.39, 0.29) is 0 Å². The lowest BCUT2D eigenvalue weighted by atomic mass is 10.3. The summed E-state index contributed by atoms with van der Waals surface area (Å²) in [6.45, 7) is 0. The molecule has 0 atom stereocenters.